The van der Waals surface area contributed by atoms with Crippen molar-refractivity contribution in [3.05, 3.63) is 40.4 Å². The number of nitrogens with zero attached hydrogens (tertiary/aromatic N) is 3. The van der Waals surface area contributed by atoms with Crippen molar-refractivity contribution >= 4 is 29.1 Å². The molecule has 0 unspecified atom stereocenters. The summed E-state index contributed by atoms with van der Waals surface area (Å²) in [6.45, 7) is -0.704. The lowest BCUT2D eigenvalue weighted by molar-refractivity contribution is -0.389. The summed E-state index contributed by atoms with van der Waals surface area (Å²) < 4.78 is 15.5. The maximum Gasteiger partial charge on any atom is 0.366 e. The zero-order valence-corrected chi connectivity index (χ0v) is 15.0. The first-order chi connectivity index (χ1) is 13.4. The topological polar surface area (TPSA) is 133 Å². The van der Waals surface area contributed by atoms with E-state index in [9.17, 15) is 19.7 Å². The van der Waals surface area contributed by atoms with Crippen LogP contribution in [0.15, 0.2) is 30.3 Å². The van der Waals surface area contributed by atoms with E-state index in [-0.39, 0.29) is 18.2 Å². The molecular weight excluding hydrogens is 372 g/mol. The predicted molar refractivity (Wildman–Crippen MR) is 96.9 cm³/mol. The van der Waals surface area contributed by atoms with Crippen molar-refractivity contribution in [3.63, 3.8) is 0 Å². The molecule has 2 amide bonds. The molecule has 3 rings (SSSR count). The molecule has 2 heterocycles. The van der Waals surface area contributed by atoms with E-state index >= 15 is 0 Å². The van der Waals surface area contributed by atoms with E-state index in [0.717, 1.165) is 11.0 Å². The van der Waals surface area contributed by atoms with Crippen LogP contribution in [-0.4, -0.2) is 49.1 Å². The fourth-order valence-electron chi connectivity index (χ4n) is 2.57. The van der Waals surface area contributed by atoms with Crippen molar-refractivity contribution in [2.75, 3.05) is 37.6 Å². The zero-order valence-electron chi connectivity index (χ0n) is 15.0. The lowest BCUT2D eigenvalue weighted by atomic mass is 10.2. The zero-order chi connectivity index (χ0) is 20.3. The van der Waals surface area contributed by atoms with Gasteiger partial charge in [-0.1, -0.05) is 0 Å². The van der Waals surface area contributed by atoms with Gasteiger partial charge >= 0.3 is 5.82 Å². The number of nitrogens with one attached hydrogen (secondary N) is 1. The van der Waals surface area contributed by atoms with Gasteiger partial charge in [-0.2, -0.15) is 0 Å². The summed E-state index contributed by atoms with van der Waals surface area (Å²) >= 11 is 0. The van der Waals surface area contributed by atoms with Crippen LogP contribution in [-0.2, 0) is 9.59 Å². The molecule has 1 aromatic heterocycles. The highest BCUT2D eigenvalue weighted by molar-refractivity contribution is 6.04. The number of pyridine rings is 1. The van der Waals surface area contributed by atoms with E-state index < -0.39 is 29.1 Å². The molecule has 0 spiro atoms. The molecule has 28 heavy (non-hydrogen) atoms. The van der Waals surface area contributed by atoms with Crippen molar-refractivity contribution in [2.24, 2.45) is 0 Å². The van der Waals surface area contributed by atoms with Crippen LogP contribution in [0, 0.1) is 10.1 Å². The molecule has 146 valence electrons. The third-order valence-corrected chi connectivity index (χ3v) is 3.90. The first kappa shape index (κ1) is 18.9. The van der Waals surface area contributed by atoms with Gasteiger partial charge in [-0.15, -0.1) is 0 Å². The van der Waals surface area contributed by atoms with Crippen LogP contribution in [0.4, 0.5) is 17.3 Å². The summed E-state index contributed by atoms with van der Waals surface area (Å²) in [6, 6.07) is 7.32. The average Bonchev–Trinajstić information content (AvgIpc) is 2.70. The SMILES string of the molecule is COc1ccc(NC(=O)CN2C(=O)COc3ccc([N+](=O)[O-])nc32)c(OC)c1. The number of ether oxygens (including phenoxy) is 3. The Hall–Kier alpha value is -3.89. The number of hydrogen-bond acceptors (Lipinski definition) is 8. The minimum absolute atomic E-state index is 0.0812. The summed E-state index contributed by atoms with van der Waals surface area (Å²) in [7, 11) is 2.94. The molecule has 1 aliphatic rings. The number of benzene rings is 1. The van der Waals surface area contributed by atoms with Gasteiger partial charge in [-0.05, 0) is 28.1 Å². The van der Waals surface area contributed by atoms with E-state index in [1.165, 1.54) is 20.3 Å². The molecule has 1 aliphatic heterocycles. The highest BCUT2D eigenvalue weighted by Crippen LogP contribution is 2.32. The molecule has 0 saturated heterocycles. The van der Waals surface area contributed by atoms with Crippen LogP contribution >= 0.6 is 0 Å². The van der Waals surface area contributed by atoms with Gasteiger partial charge in [0.1, 0.15) is 18.0 Å². The number of carbonyl (C=O) groups is 2. The van der Waals surface area contributed by atoms with Gasteiger partial charge in [0.05, 0.1) is 19.9 Å². The Morgan fingerprint density at radius 1 is 1.32 bits per heavy atom. The second kappa shape index (κ2) is 7.78. The fraction of sp³-hybridized carbons (Fsp3) is 0.235. The number of methoxy groups -OCH3 is 2. The first-order valence-corrected chi connectivity index (χ1v) is 8.03. The third kappa shape index (κ3) is 3.77. The number of carbonyl (C=O) groups excluding carboxylic acids is 2. The van der Waals surface area contributed by atoms with Crippen LogP contribution in [0.3, 0.4) is 0 Å². The summed E-state index contributed by atoms with van der Waals surface area (Å²) in [5.41, 5.74) is 0.376. The normalized spacial score (nSPS) is 12.6. The van der Waals surface area contributed by atoms with Crippen LogP contribution in [0.1, 0.15) is 0 Å². The van der Waals surface area contributed by atoms with E-state index in [0.29, 0.717) is 17.2 Å². The lowest BCUT2D eigenvalue weighted by Gasteiger charge is -2.24. The van der Waals surface area contributed by atoms with Gasteiger partial charge < -0.3 is 29.6 Å². The van der Waals surface area contributed by atoms with Gasteiger partial charge in [-0.25, -0.2) is 0 Å². The Kier molecular flexibility index (Phi) is 5.25. The van der Waals surface area contributed by atoms with Crippen molar-refractivity contribution in [3.8, 4) is 17.2 Å². The Morgan fingerprint density at radius 3 is 2.79 bits per heavy atom. The molecule has 0 fully saturated rings. The van der Waals surface area contributed by atoms with E-state index in [2.05, 4.69) is 10.3 Å². The Labute approximate surface area is 159 Å². The predicted octanol–water partition coefficient (Wildman–Crippen LogP) is 1.37. The second-order valence-corrected chi connectivity index (χ2v) is 5.63. The minimum Gasteiger partial charge on any atom is -0.497 e. The van der Waals surface area contributed by atoms with E-state index in [1.54, 1.807) is 18.2 Å². The van der Waals surface area contributed by atoms with Gasteiger partial charge in [0.25, 0.3) is 11.7 Å². The molecule has 0 radical (unpaired) electrons. The maximum atomic E-state index is 12.5. The molecule has 0 saturated carbocycles. The first-order valence-electron chi connectivity index (χ1n) is 8.03. The van der Waals surface area contributed by atoms with Crippen LogP contribution in [0.2, 0.25) is 0 Å². The Bertz CT molecular complexity index is 947. The van der Waals surface area contributed by atoms with E-state index in [4.69, 9.17) is 14.2 Å². The highest BCUT2D eigenvalue weighted by atomic mass is 16.6. The lowest BCUT2D eigenvalue weighted by Crippen LogP contribution is -2.44. The molecule has 1 aromatic carbocycles. The fourth-order valence-corrected chi connectivity index (χ4v) is 2.57. The molecular formula is C17H16N4O7. The molecule has 11 heteroatoms. The Balaban J connectivity index is 1.82. The molecule has 11 nitrogen and oxygen atoms in total. The molecule has 0 bridgehead atoms. The number of rotatable bonds is 6. The minimum atomic E-state index is -0.695. The van der Waals surface area contributed by atoms with Gasteiger partial charge in [-0.3, -0.25) is 14.5 Å². The molecule has 0 atom stereocenters. The number of nitro groups is 1. The Morgan fingerprint density at radius 2 is 2.11 bits per heavy atom. The second-order valence-electron chi connectivity index (χ2n) is 5.63. The highest BCUT2D eigenvalue weighted by Gasteiger charge is 2.33. The standard InChI is InChI=1S/C17H16N4O7/c1-26-10-3-4-11(13(7-10)27-2)18-15(22)8-20-16(23)9-28-12-5-6-14(21(24)25)19-17(12)20/h3-7H,8-9H2,1-2H3,(H,18,22). The third-order valence-electron chi connectivity index (χ3n) is 3.90. The summed E-state index contributed by atoms with van der Waals surface area (Å²) in [5.74, 6) is -0.532. The van der Waals surface area contributed by atoms with E-state index in [1.807, 2.05) is 0 Å². The van der Waals surface area contributed by atoms with Crippen molar-refractivity contribution < 1.29 is 28.7 Å². The van der Waals surface area contributed by atoms with Crippen LogP contribution in [0.5, 0.6) is 17.2 Å². The monoisotopic (exact) mass is 388 g/mol. The molecule has 2 aromatic rings. The van der Waals surface area contributed by atoms with Crippen LogP contribution in [0.25, 0.3) is 0 Å². The van der Waals surface area contributed by atoms with Gasteiger partial charge in [0.2, 0.25) is 5.91 Å². The summed E-state index contributed by atoms with van der Waals surface area (Å²) in [6.07, 6.45) is 0. The smallest absolute Gasteiger partial charge is 0.366 e. The number of amides is 2. The number of hydrogen-bond donors (Lipinski definition) is 1. The van der Waals surface area contributed by atoms with Crippen LogP contribution < -0.4 is 24.4 Å². The van der Waals surface area contributed by atoms with Gasteiger partial charge in [0, 0.05) is 12.1 Å². The molecule has 0 aliphatic carbocycles. The van der Waals surface area contributed by atoms with Gasteiger partial charge in [0.15, 0.2) is 12.4 Å². The van der Waals surface area contributed by atoms with Crippen molar-refractivity contribution in [2.45, 2.75) is 0 Å². The van der Waals surface area contributed by atoms with Crippen molar-refractivity contribution in [1.82, 2.24) is 4.98 Å². The summed E-state index contributed by atoms with van der Waals surface area (Å²) in [4.78, 5) is 39.8. The summed E-state index contributed by atoms with van der Waals surface area (Å²) in [5, 5.41) is 13.6. The average molecular weight is 388 g/mol. The number of aromatic nitrogens is 1. The maximum absolute atomic E-state index is 12.5. The number of fused-ring (bicyclic) bond motifs is 1. The molecule has 1 N–H and O–H groups in total. The quantitative estimate of drug-likeness (QED) is 0.579. The number of anilines is 2. The van der Waals surface area contributed by atoms with Crippen molar-refractivity contribution in [1.29, 1.82) is 0 Å². The largest absolute Gasteiger partial charge is 0.497 e.